The molecule has 1 amide bonds. The molecule has 0 aliphatic carbocycles. The highest BCUT2D eigenvalue weighted by atomic mass is 19.1. The zero-order valence-corrected chi connectivity index (χ0v) is 16.6. The van der Waals surface area contributed by atoms with Gasteiger partial charge in [-0.1, -0.05) is 24.3 Å². The van der Waals surface area contributed by atoms with E-state index in [1.54, 1.807) is 24.3 Å². The number of hydrogen-bond donors (Lipinski definition) is 2. The highest BCUT2D eigenvalue weighted by Gasteiger charge is 2.16. The summed E-state index contributed by atoms with van der Waals surface area (Å²) in [4.78, 5) is 33.5. The van der Waals surface area contributed by atoms with E-state index in [-0.39, 0.29) is 23.3 Å². The minimum atomic E-state index is -0.294. The van der Waals surface area contributed by atoms with Crippen molar-refractivity contribution in [2.24, 2.45) is 0 Å². The first-order valence-electron chi connectivity index (χ1n) is 9.60. The monoisotopic (exact) mass is 396 g/mol. The van der Waals surface area contributed by atoms with Gasteiger partial charge in [-0.2, -0.15) is 0 Å². The number of para-hydroxylation sites is 1. The van der Waals surface area contributed by atoms with Gasteiger partial charge in [-0.15, -0.1) is 0 Å². The Morgan fingerprint density at radius 3 is 2.76 bits per heavy atom. The summed E-state index contributed by atoms with van der Waals surface area (Å²) in [6.07, 6.45) is 1.40. The van der Waals surface area contributed by atoms with Crippen molar-refractivity contribution in [2.75, 3.05) is 20.6 Å². The van der Waals surface area contributed by atoms with E-state index >= 15 is 0 Å². The number of halogens is 1. The van der Waals surface area contributed by atoms with Gasteiger partial charge in [0.25, 0.3) is 5.56 Å². The Labute approximate surface area is 168 Å². The SMILES string of the molecule is CN(C)C(CNC(=O)CCCc1nc2ccccc2c(=O)[nH]1)c1cccc(F)c1. The topological polar surface area (TPSA) is 78.1 Å². The van der Waals surface area contributed by atoms with Crippen molar-refractivity contribution in [2.45, 2.75) is 25.3 Å². The second kappa shape index (κ2) is 9.43. The molecule has 0 bridgehead atoms. The van der Waals surface area contributed by atoms with Gasteiger partial charge in [0.15, 0.2) is 0 Å². The van der Waals surface area contributed by atoms with Crippen LogP contribution in [-0.2, 0) is 11.2 Å². The zero-order valence-electron chi connectivity index (χ0n) is 16.6. The van der Waals surface area contributed by atoms with E-state index in [0.717, 1.165) is 5.56 Å². The van der Waals surface area contributed by atoms with Crippen LogP contribution in [0.4, 0.5) is 4.39 Å². The molecule has 2 N–H and O–H groups in total. The van der Waals surface area contributed by atoms with Gasteiger partial charge >= 0.3 is 0 Å². The molecule has 0 aliphatic heterocycles. The molecule has 0 fully saturated rings. The van der Waals surface area contributed by atoms with E-state index in [2.05, 4.69) is 15.3 Å². The molecule has 0 aliphatic rings. The van der Waals surface area contributed by atoms with Crippen LogP contribution >= 0.6 is 0 Å². The molecule has 0 saturated heterocycles. The number of H-pyrrole nitrogens is 1. The largest absolute Gasteiger partial charge is 0.354 e. The molecule has 0 radical (unpaired) electrons. The number of amides is 1. The van der Waals surface area contributed by atoms with Crippen LogP contribution in [0.2, 0.25) is 0 Å². The van der Waals surface area contributed by atoms with E-state index < -0.39 is 0 Å². The van der Waals surface area contributed by atoms with Crippen LogP contribution in [0.5, 0.6) is 0 Å². The van der Waals surface area contributed by atoms with Crippen LogP contribution in [0.15, 0.2) is 53.3 Å². The van der Waals surface area contributed by atoms with E-state index in [0.29, 0.717) is 42.5 Å². The second-order valence-corrected chi connectivity index (χ2v) is 7.22. The van der Waals surface area contributed by atoms with Crippen molar-refractivity contribution in [3.05, 3.63) is 76.1 Å². The summed E-state index contributed by atoms with van der Waals surface area (Å²) in [7, 11) is 3.78. The standard InChI is InChI=1S/C22H25FN4O2/c1-27(2)19(15-7-5-8-16(23)13-15)14-24-21(28)12-6-11-20-25-18-10-4-3-9-17(18)22(29)26-20/h3-5,7-10,13,19H,6,11-12,14H2,1-2H3,(H,24,28)(H,25,26,29). The Morgan fingerprint density at radius 1 is 1.21 bits per heavy atom. The number of likely N-dealkylation sites (N-methyl/N-ethyl adjacent to an activating group) is 1. The fourth-order valence-electron chi connectivity index (χ4n) is 3.28. The Morgan fingerprint density at radius 2 is 2.00 bits per heavy atom. The lowest BCUT2D eigenvalue weighted by Gasteiger charge is -2.25. The number of carbonyl (C=O) groups is 1. The molecule has 7 heteroatoms. The first kappa shape index (κ1) is 20.7. The lowest BCUT2D eigenvalue weighted by atomic mass is 10.1. The van der Waals surface area contributed by atoms with Crippen molar-refractivity contribution < 1.29 is 9.18 Å². The molecular formula is C22H25FN4O2. The number of nitrogens with zero attached hydrogens (tertiary/aromatic N) is 2. The molecule has 1 atom stereocenters. The number of fused-ring (bicyclic) bond motifs is 1. The van der Waals surface area contributed by atoms with Gasteiger partial charge in [-0.25, -0.2) is 9.37 Å². The number of aryl methyl sites for hydroxylation is 1. The van der Waals surface area contributed by atoms with Gasteiger partial charge in [-0.05, 0) is 50.3 Å². The molecule has 29 heavy (non-hydrogen) atoms. The fourth-order valence-corrected chi connectivity index (χ4v) is 3.28. The van der Waals surface area contributed by atoms with E-state index in [9.17, 15) is 14.0 Å². The van der Waals surface area contributed by atoms with Crippen molar-refractivity contribution in [1.82, 2.24) is 20.2 Å². The maximum absolute atomic E-state index is 13.5. The molecule has 1 unspecified atom stereocenters. The molecule has 1 heterocycles. The van der Waals surface area contributed by atoms with Crippen LogP contribution in [0.1, 0.15) is 30.3 Å². The van der Waals surface area contributed by atoms with Gasteiger partial charge in [-0.3, -0.25) is 9.59 Å². The summed E-state index contributed by atoms with van der Waals surface area (Å²) >= 11 is 0. The van der Waals surface area contributed by atoms with Crippen molar-refractivity contribution in [1.29, 1.82) is 0 Å². The number of carbonyl (C=O) groups excluding carboxylic acids is 1. The first-order chi connectivity index (χ1) is 13.9. The molecule has 2 aromatic carbocycles. The molecular weight excluding hydrogens is 371 g/mol. The minimum absolute atomic E-state index is 0.0867. The summed E-state index contributed by atoms with van der Waals surface area (Å²) in [6.45, 7) is 0.389. The minimum Gasteiger partial charge on any atom is -0.354 e. The highest BCUT2D eigenvalue weighted by molar-refractivity contribution is 5.77. The van der Waals surface area contributed by atoms with Gasteiger partial charge in [0.05, 0.1) is 16.9 Å². The average Bonchev–Trinajstić information content (AvgIpc) is 2.68. The highest BCUT2D eigenvalue weighted by Crippen LogP contribution is 2.18. The van der Waals surface area contributed by atoms with Gasteiger partial charge in [0.2, 0.25) is 5.91 Å². The first-order valence-corrected chi connectivity index (χ1v) is 9.60. The van der Waals surface area contributed by atoms with Gasteiger partial charge in [0.1, 0.15) is 11.6 Å². The summed E-state index contributed by atoms with van der Waals surface area (Å²) in [5.41, 5.74) is 1.30. The summed E-state index contributed by atoms with van der Waals surface area (Å²) in [6, 6.07) is 13.5. The molecule has 152 valence electrons. The smallest absolute Gasteiger partial charge is 0.258 e. The van der Waals surface area contributed by atoms with Crippen molar-refractivity contribution in [3.8, 4) is 0 Å². The predicted octanol–water partition coefficient (Wildman–Crippen LogP) is 2.80. The quantitative estimate of drug-likeness (QED) is 0.614. The third-order valence-electron chi connectivity index (χ3n) is 4.83. The number of aromatic amines is 1. The number of nitrogens with one attached hydrogen (secondary N) is 2. The van der Waals surface area contributed by atoms with E-state index in [1.165, 1.54) is 12.1 Å². The van der Waals surface area contributed by atoms with Crippen LogP contribution < -0.4 is 10.9 Å². The lowest BCUT2D eigenvalue weighted by molar-refractivity contribution is -0.121. The summed E-state index contributed by atoms with van der Waals surface area (Å²) in [5.74, 6) is 0.196. The average molecular weight is 396 g/mol. The molecule has 0 spiro atoms. The van der Waals surface area contributed by atoms with Crippen LogP contribution in [-0.4, -0.2) is 41.4 Å². The zero-order chi connectivity index (χ0) is 20.8. The Kier molecular flexibility index (Phi) is 6.72. The van der Waals surface area contributed by atoms with E-state index in [1.807, 2.05) is 31.1 Å². The maximum Gasteiger partial charge on any atom is 0.258 e. The maximum atomic E-state index is 13.5. The molecule has 0 saturated carbocycles. The number of aromatic nitrogens is 2. The summed E-state index contributed by atoms with van der Waals surface area (Å²) < 4.78 is 13.5. The Balaban J connectivity index is 1.52. The summed E-state index contributed by atoms with van der Waals surface area (Å²) in [5, 5.41) is 3.47. The number of benzene rings is 2. The Bertz CT molecular complexity index is 1050. The van der Waals surface area contributed by atoms with Gasteiger partial charge in [0, 0.05) is 19.4 Å². The molecule has 3 rings (SSSR count). The van der Waals surface area contributed by atoms with Crippen LogP contribution in [0.25, 0.3) is 10.9 Å². The van der Waals surface area contributed by atoms with Gasteiger partial charge < -0.3 is 15.2 Å². The van der Waals surface area contributed by atoms with Crippen LogP contribution in [0.3, 0.4) is 0 Å². The third kappa shape index (κ3) is 5.48. The predicted molar refractivity (Wildman–Crippen MR) is 111 cm³/mol. The molecule has 6 nitrogen and oxygen atoms in total. The number of rotatable bonds is 8. The normalized spacial score (nSPS) is 12.3. The van der Waals surface area contributed by atoms with Crippen LogP contribution in [0, 0.1) is 5.82 Å². The lowest BCUT2D eigenvalue weighted by Crippen LogP contribution is -2.34. The fraction of sp³-hybridized carbons (Fsp3) is 0.318. The molecule has 3 aromatic rings. The number of hydrogen-bond acceptors (Lipinski definition) is 4. The van der Waals surface area contributed by atoms with Crippen molar-refractivity contribution in [3.63, 3.8) is 0 Å². The second-order valence-electron chi connectivity index (χ2n) is 7.22. The van der Waals surface area contributed by atoms with Crippen molar-refractivity contribution >= 4 is 16.8 Å². The Hall–Kier alpha value is -3.06. The molecule has 1 aromatic heterocycles. The van der Waals surface area contributed by atoms with E-state index in [4.69, 9.17) is 0 Å². The third-order valence-corrected chi connectivity index (χ3v) is 4.83.